The lowest BCUT2D eigenvalue weighted by Crippen LogP contribution is -2.46. The van der Waals surface area contributed by atoms with Gasteiger partial charge < -0.3 is 15.2 Å². The topological polar surface area (TPSA) is 67.3 Å². The first-order valence-corrected chi connectivity index (χ1v) is 7.01. The molecule has 5 heteroatoms. The molecule has 106 valence electrons. The van der Waals surface area contributed by atoms with Gasteiger partial charge in [-0.2, -0.15) is 0 Å². The van der Waals surface area contributed by atoms with E-state index in [9.17, 15) is 5.11 Å². The van der Waals surface area contributed by atoms with Gasteiger partial charge in [-0.1, -0.05) is 19.8 Å². The SMILES string of the molecule is CCOc1cc(NC2(CO)CCCC(C)C2)ncn1. The second-order valence-corrected chi connectivity index (χ2v) is 5.44. The van der Waals surface area contributed by atoms with Gasteiger partial charge in [0.05, 0.1) is 18.8 Å². The molecule has 2 unspecified atom stereocenters. The summed E-state index contributed by atoms with van der Waals surface area (Å²) in [6.07, 6.45) is 5.81. The molecule has 1 saturated carbocycles. The molecule has 1 aliphatic rings. The fourth-order valence-electron chi connectivity index (χ4n) is 2.86. The fourth-order valence-corrected chi connectivity index (χ4v) is 2.86. The Morgan fingerprint density at radius 1 is 1.53 bits per heavy atom. The van der Waals surface area contributed by atoms with Crippen LogP contribution < -0.4 is 10.1 Å². The van der Waals surface area contributed by atoms with Crippen LogP contribution >= 0.6 is 0 Å². The van der Waals surface area contributed by atoms with E-state index in [-0.39, 0.29) is 12.1 Å². The van der Waals surface area contributed by atoms with E-state index >= 15 is 0 Å². The van der Waals surface area contributed by atoms with Crippen molar-refractivity contribution in [3.8, 4) is 5.88 Å². The first-order valence-electron chi connectivity index (χ1n) is 7.01. The number of hydrogen-bond donors (Lipinski definition) is 2. The summed E-state index contributed by atoms with van der Waals surface area (Å²) < 4.78 is 5.37. The molecule has 0 spiro atoms. The molecule has 1 aromatic heterocycles. The summed E-state index contributed by atoms with van der Waals surface area (Å²) in [6, 6.07) is 1.79. The van der Waals surface area contributed by atoms with Gasteiger partial charge in [-0.3, -0.25) is 0 Å². The average Bonchev–Trinajstić information content (AvgIpc) is 2.39. The summed E-state index contributed by atoms with van der Waals surface area (Å²) in [7, 11) is 0. The Morgan fingerprint density at radius 2 is 2.37 bits per heavy atom. The molecule has 2 rings (SSSR count). The molecular weight excluding hydrogens is 242 g/mol. The first-order chi connectivity index (χ1) is 9.17. The second kappa shape index (κ2) is 6.19. The highest BCUT2D eigenvalue weighted by Gasteiger charge is 2.34. The lowest BCUT2D eigenvalue weighted by Gasteiger charge is -2.39. The van der Waals surface area contributed by atoms with Crippen LogP contribution in [0.15, 0.2) is 12.4 Å². The van der Waals surface area contributed by atoms with Gasteiger partial charge in [0.1, 0.15) is 12.1 Å². The van der Waals surface area contributed by atoms with Crippen molar-refractivity contribution in [2.75, 3.05) is 18.5 Å². The molecule has 1 fully saturated rings. The number of rotatable bonds is 5. The van der Waals surface area contributed by atoms with Crippen molar-refractivity contribution in [1.82, 2.24) is 9.97 Å². The zero-order chi connectivity index (χ0) is 13.7. The smallest absolute Gasteiger partial charge is 0.218 e. The van der Waals surface area contributed by atoms with Gasteiger partial charge in [0.2, 0.25) is 5.88 Å². The number of ether oxygens (including phenoxy) is 1. The molecule has 1 aliphatic carbocycles. The van der Waals surface area contributed by atoms with Crippen LogP contribution in [0.25, 0.3) is 0 Å². The molecule has 19 heavy (non-hydrogen) atoms. The van der Waals surface area contributed by atoms with Crippen molar-refractivity contribution >= 4 is 5.82 Å². The average molecular weight is 265 g/mol. The summed E-state index contributed by atoms with van der Waals surface area (Å²) in [4.78, 5) is 8.27. The van der Waals surface area contributed by atoms with Crippen LogP contribution in [0.5, 0.6) is 5.88 Å². The third-order valence-corrected chi connectivity index (χ3v) is 3.72. The number of nitrogens with one attached hydrogen (secondary N) is 1. The zero-order valence-electron chi connectivity index (χ0n) is 11.7. The highest BCUT2D eigenvalue weighted by atomic mass is 16.5. The second-order valence-electron chi connectivity index (χ2n) is 5.44. The van der Waals surface area contributed by atoms with Crippen LogP contribution in [-0.4, -0.2) is 33.8 Å². The van der Waals surface area contributed by atoms with Crippen molar-refractivity contribution in [2.45, 2.75) is 45.1 Å². The summed E-state index contributed by atoms with van der Waals surface area (Å²) >= 11 is 0. The minimum Gasteiger partial charge on any atom is -0.478 e. The Bertz CT molecular complexity index is 413. The Hall–Kier alpha value is -1.36. The predicted octanol–water partition coefficient (Wildman–Crippen LogP) is 2.23. The van der Waals surface area contributed by atoms with Crippen molar-refractivity contribution in [3.63, 3.8) is 0 Å². The molecule has 2 N–H and O–H groups in total. The number of aliphatic hydroxyl groups is 1. The molecule has 0 aliphatic heterocycles. The van der Waals surface area contributed by atoms with E-state index in [4.69, 9.17) is 4.74 Å². The standard InChI is InChI=1S/C14H23N3O2/c1-3-19-13-7-12(15-10-16-13)17-14(9-18)6-4-5-11(2)8-14/h7,10-11,18H,3-6,8-9H2,1-2H3,(H,15,16,17). The van der Waals surface area contributed by atoms with E-state index in [0.717, 1.165) is 25.1 Å². The summed E-state index contributed by atoms with van der Waals surface area (Å²) in [6.45, 7) is 4.87. The molecule has 1 heterocycles. The van der Waals surface area contributed by atoms with Gasteiger partial charge in [0.15, 0.2) is 0 Å². The largest absolute Gasteiger partial charge is 0.478 e. The highest BCUT2D eigenvalue weighted by molar-refractivity contribution is 5.40. The lowest BCUT2D eigenvalue weighted by molar-refractivity contribution is 0.149. The minimum absolute atomic E-state index is 0.130. The van der Waals surface area contributed by atoms with Gasteiger partial charge >= 0.3 is 0 Å². The normalized spacial score (nSPS) is 27.0. The predicted molar refractivity (Wildman–Crippen MR) is 74.3 cm³/mol. The maximum Gasteiger partial charge on any atom is 0.218 e. The van der Waals surface area contributed by atoms with Crippen molar-refractivity contribution in [2.24, 2.45) is 5.92 Å². The Morgan fingerprint density at radius 3 is 3.05 bits per heavy atom. The van der Waals surface area contributed by atoms with Crippen LogP contribution in [0.2, 0.25) is 0 Å². The monoisotopic (exact) mass is 265 g/mol. The zero-order valence-corrected chi connectivity index (χ0v) is 11.7. The van der Waals surface area contributed by atoms with E-state index in [0.29, 0.717) is 18.4 Å². The first kappa shape index (κ1) is 14.1. The third kappa shape index (κ3) is 3.56. The molecule has 1 aromatic rings. The van der Waals surface area contributed by atoms with Crippen LogP contribution in [0.1, 0.15) is 39.5 Å². The molecular formula is C14H23N3O2. The van der Waals surface area contributed by atoms with Crippen LogP contribution in [0.4, 0.5) is 5.82 Å². The van der Waals surface area contributed by atoms with Gasteiger partial charge in [-0.05, 0) is 25.7 Å². The molecule has 0 aromatic carbocycles. The lowest BCUT2D eigenvalue weighted by atomic mass is 9.77. The van der Waals surface area contributed by atoms with Gasteiger partial charge in [0, 0.05) is 6.07 Å². The van der Waals surface area contributed by atoms with E-state index in [2.05, 4.69) is 22.2 Å². The van der Waals surface area contributed by atoms with E-state index in [1.54, 1.807) is 6.07 Å². The van der Waals surface area contributed by atoms with Crippen molar-refractivity contribution in [3.05, 3.63) is 12.4 Å². The van der Waals surface area contributed by atoms with E-state index < -0.39 is 0 Å². The van der Waals surface area contributed by atoms with E-state index in [1.807, 2.05) is 6.92 Å². The molecule has 0 radical (unpaired) electrons. The van der Waals surface area contributed by atoms with E-state index in [1.165, 1.54) is 12.7 Å². The number of nitrogens with zero attached hydrogens (tertiary/aromatic N) is 2. The highest BCUT2D eigenvalue weighted by Crippen LogP contribution is 2.34. The maximum atomic E-state index is 9.76. The van der Waals surface area contributed by atoms with Crippen LogP contribution in [-0.2, 0) is 0 Å². The Balaban J connectivity index is 2.11. The van der Waals surface area contributed by atoms with Gasteiger partial charge in [0.25, 0.3) is 0 Å². The Labute approximate surface area is 114 Å². The molecule has 0 bridgehead atoms. The summed E-state index contributed by atoms with van der Waals surface area (Å²) in [5.41, 5.74) is -0.254. The van der Waals surface area contributed by atoms with Gasteiger partial charge in [-0.25, -0.2) is 9.97 Å². The molecule has 2 atom stereocenters. The Kier molecular flexibility index (Phi) is 4.58. The molecule has 5 nitrogen and oxygen atoms in total. The van der Waals surface area contributed by atoms with Crippen molar-refractivity contribution < 1.29 is 9.84 Å². The number of anilines is 1. The van der Waals surface area contributed by atoms with Crippen LogP contribution in [0.3, 0.4) is 0 Å². The summed E-state index contributed by atoms with van der Waals surface area (Å²) in [5.74, 6) is 1.92. The molecule has 0 saturated heterocycles. The molecule has 0 amide bonds. The summed E-state index contributed by atoms with van der Waals surface area (Å²) in [5, 5.41) is 13.1. The number of aliphatic hydroxyl groups excluding tert-OH is 1. The van der Waals surface area contributed by atoms with Crippen LogP contribution in [0, 0.1) is 5.92 Å². The number of aromatic nitrogens is 2. The minimum atomic E-state index is -0.254. The number of hydrogen-bond acceptors (Lipinski definition) is 5. The maximum absolute atomic E-state index is 9.76. The van der Waals surface area contributed by atoms with Gasteiger partial charge in [-0.15, -0.1) is 0 Å². The fraction of sp³-hybridized carbons (Fsp3) is 0.714. The van der Waals surface area contributed by atoms with Crippen molar-refractivity contribution in [1.29, 1.82) is 0 Å². The quantitative estimate of drug-likeness (QED) is 0.854. The third-order valence-electron chi connectivity index (χ3n) is 3.72.